The molecule has 1 heterocycles. The van der Waals surface area contributed by atoms with Crippen LogP contribution in [0.1, 0.15) is 52.8 Å². The molecule has 1 aromatic rings. The zero-order valence-electron chi connectivity index (χ0n) is 11.5. The SMILES string of the molecule is O=C1c2ccccc2C(=O)N1CCN=C1CCCCC1. The van der Waals surface area contributed by atoms with E-state index in [2.05, 4.69) is 4.99 Å². The molecule has 1 aromatic carbocycles. The molecule has 4 nitrogen and oxygen atoms in total. The molecule has 0 N–H and O–H groups in total. The zero-order chi connectivity index (χ0) is 13.9. The van der Waals surface area contributed by atoms with E-state index in [4.69, 9.17) is 0 Å². The number of imide groups is 1. The third kappa shape index (κ3) is 2.38. The van der Waals surface area contributed by atoms with Crippen LogP contribution >= 0.6 is 0 Å². The van der Waals surface area contributed by atoms with Crippen LogP contribution in [0.3, 0.4) is 0 Å². The second kappa shape index (κ2) is 5.57. The first-order valence-corrected chi connectivity index (χ1v) is 7.25. The van der Waals surface area contributed by atoms with Crippen molar-refractivity contribution >= 4 is 17.5 Å². The summed E-state index contributed by atoms with van der Waals surface area (Å²) in [5.74, 6) is -0.371. The Morgan fingerprint density at radius 1 is 0.950 bits per heavy atom. The highest BCUT2D eigenvalue weighted by atomic mass is 16.2. The number of hydrogen-bond acceptors (Lipinski definition) is 3. The molecule has 0 spiro atoms. The monoisotopic (exact) mass is 270 g/mol. The van der Waals surface area contributed by atoms with Gasteiger partial charge in [-0.2, -0.15) is 0 Å². The minimum atomic E-state index is -0.186. The molecule has 1 aliphatic heterocycles. The Hall–Kier alpha value is -1.97. The fraction of sp³-hybridized carbons (Fsp3) is 0.438. The van der Waals surface area contributed by atoms with Crippen LogP contribution in [0.2, 0.25) is 0 Å². The maximum Gasteiger partial charge on any atom is 0.261 e. The predicted octanol–water partition coefficient (Wildman–Crippen LogP) is 2.69. The van der Waals surface area contributed by atoms with Gasteiger partial charge in [-0.3, -0.25) is 19.5 Å². The van der Waals surface area contributed by atoms with E-state index in [-0.39, 0.29) is 11.8 Å². The number of rotatable bonds is 3. The fourth-order valence-corrected chi connectivity index (χ4v) is 2.87. The number of nitrogens with zero attached hydrogens (tertiary/aromatic N) is 2. The molecule has 1 aliphatic carbocycles. The molecule has 0 saturated heterocycles. The lowest BCUT2D eigenvalue weighted by atomic mass is 9.99. The average Bonchev–Trinajstić information content (AvgIpc) is 2.74. The Morgan fingerprint density at radius 2 is 1.55 bits per heavy atom. The molecule has 104 valence electrons. The van der Waals surface area contributed by atoms with Crippen molar-refractivity contribution in [2.24, 2.45) is 4.99 Å². The van der Waals surface area contributed by atoms with Gasteiger partial charge in [0.05, 0.1) is 17.7 Å². The van der Waals surface area contributed by atoms with Crippen molar-refractivity contribution in [2.75, 3.05) is 13.1 Å². The van der Waals surface area contributed by atoms with Gasteiger partial charge in [-0.05, 0) is 37.8 Å². The molecule has 0 radical (unpaired) electrons. The zero-order valence-corrected chi connectivity index (χ0v) is 11.5. The average molecular weight is 270 g/mol. The van der Waals surface area contributed by atoms with Crippen LogP contribution in [0.4, 0.5) is 0 Å². The van der Waals surface area contributed by atoms with Gasteiger partial charge in [-0.25, -0.2) is 0 Å². The number of benzene rings is 1. The Kier molecular flexibility index (Phi) is 3.63. The molecule has 1 saturated carbocycles. The summed E-state index contributed by atoms with van der Waals surface area (Å²) in [5, 5.41) is 0. The summed E-state index contributed by atoms with van der Waals surface area (Å²) in [5.41, 5.74) is 2.28. The topological polar surface area (TPSA) is 49.7 Å². The number of fused-ring (bicyclic) bond motifs is 1. The van der Waals surface area contributed by atoms with Crippen LogP contribution in [0.15, 0.2) is 29.3 Å². The van der Waals surface area contributed by atoms with Gasteiger partial charge in [0.15, 0.2) is 0 Å². The molecular formula is C16H18N2O2. The maximum atomic E-state index is 12.1. The molecule has 0 atom stereocenters. The molecule has 3 rings (SSSR count). The van der Waals surface area contributed by atoms with E-state index in [9.17, 15) is 9.59 Å². The van der Waals surface area contributed by atoms with Gasteiger partial charge < -0.3 is 0 Å². The second-order valence-corrected chi connectivity index (χ2v) is 5.32. The largest absolute Gasteiger partial charge is 0.292 e. The first-order valence-electron chi connectivity index (χ1n) is 7.25. The Balaban J connectivity index is 1.65. The highest BCUT2D eigenvalue weighted by molar-refractivity contribution is 6.21. The third-order valence-electron chi connectivity index (χ3n) is 3.97. The summed E-state index contributed by atoms with van der Waals surface area (Å²) in [6, 6.07) is 7.00. The Morgan fingerprint density at radius 3 is 2.15 bits per heavy atom. The van der Waals surface area contributed by atoms with Gasteiger partial charge in [-0.1, -0.05) is 18.6 Å². The van der Waals surface area contributed by atoms with E-state index >= 15 is 0 Å². The van der Waals surface area contributed by atoms with Crippen LogP contribution in [-0.4, -0.2) is 35.5 Å². The van der Waals surface area contributed by atoms with Crippen LogP contribution in [0.5, 0.6) is 0 Å². The van der Waals surface area contributed by atoms with Crippen molar-refractivity contribution in [3.05, 3.63) is 35.4 Å². The van der Waals surface area contributed by atoms with Crippen molar-refractivity contribution in [3.8, 4) is 0 Å². The lowest BCUT2D eigenvalue weighted by Crippen LogP contribution is -2.32. The van der Waals surface area contributed by atoms with Gasteiger partial charge in [0.25, 0.3) is 11.8 Å². The summed E-state index contributed by atoms with van der Waals surface area (Å²) in [7, 11) is 0. The van der Waals surface area contributed by atoms with Gasteiger partial charge >= 0.3 is 0 Å². The van der Waals surface area contributed by atoms with Gasteiger partial charge in [0.2, 0.25) is 0 Å². The molecule has 1 fully saturated rings. The van der Waals surface area contributed by atoms with Crippen LogP contribution in [0.25, 0.3) is 0 Å². The van der Waals surface area contributed by atoms with E-state index in [1.807, 2.05) is 0 Å². The van der Waals surface area contributed by atoms with Crippen LogP contribution in [0, 0.1) is 0 Å². The highest BCUT2D eigenvalue weighted by Gasteiger charge is 2.34. The van der Waals surface area contributed by atoms with E-state index in [0.29, 0.717) is 24.2 Å². The molecule has 0 bridgehead atoms. The molecule has 2 amide bonds. The normalized spacial score (nSPS) is 18.4. The third-order valence-corrected chi connectivity index (χ3v) is 3.97. The Labute approximate surface area is 118 Å². The summed E-state index contributed by atoms with van der Waals surface area (Å²) < 4.78 is 0. The number of carbonyl (C=O) groups is 2. The van der Waals surface area contributed by atoms with Gasteiger partial charge in [-0.15, -0.1) is 0 Å². The summed E-state index contributed by atoms with van der Waals surface area (Å²) in [6.45, 7) is 0.913. The number of hydrogen-bond donors (Lipinski definition) is 0. The minimum absolute atomic E-state index is 0.186. The molecule has 2 aliphatic rings. The smallest absolute Gasteiger partial charge is 0.261 e. The van der Waals surface area contributed by atoms with Gasteiger partial charge in [0.1, 0.15) is 0 Å². The van der Waals surface area contributed by atoms with Crippen LogP contribution < -0.4 is 0 Å². The minimum Gasteiger partial charge on any atom is -0.292 e. The molecule has 0 aromatic heterocycles. The first kappa shape index (κ1) is 13.0. The predicted molar refractivity (Wildman–Crippen MR) is 77.2 cm³/mol. The second-order valence-electron chi connectivity index (χ2n) is 5.32. The van der Waals surface area contributed by atoms with E-state index < -0.39 is 0 Å². The van der Waals surface area contributed by atoms with E-state index in [0.717, 1.165) is 12.8 Å². The first-order chi connectivity index (χ1) is 9.77. The Bertz CT molecular complexity index is 535. The number of carbonyl (C=O) groups excluding carboxylic acids is 2. The summed E-state index contributed by atoms with van der Waals surface area (Å²) in [6.07, 6.45) is 5.86. The number of amides is 2. The lowest BCUT2D eigenvalue weighted by Gasteiger charge is -2.15. The van der Waals surface area contributed by atoms with Crippen LogP contribution in [-0.2, 0) is 0 Å². The van der Waals surface area contributed by atoms with Crippen molar-refractivity contribution in [3.63, 3.8) is 0 Å². The van der Waals surface area contributed by atoms with Crippen molar-refractivity contribution in [1.82, 2.24) is 4.90 Å². The van der Waals surface area contributed by atoms with Crippen molar-refractivity contribution in [2.45, 2.75) is 32.1 Å². The molecular weight excluding hydrogens is 252 g/mol. The fourth-order valence-electron chi connectivity index (χ4n) is 2.87. The summed E-state index contributed by atoms with van der Waals surface area (Å²) >= 11 is 0. The molecule has 0 unspecified atom stereocenters. The van der Waals surface area contributed by atoms with Crippen molar-refractivity contribution in [1.29, 1.82) is 0 Å². The lowest BCUT2D eigenvalue weighted by molar-refractivity contribution is 0.0659. The quantitative estimate of drug-likeness (QED) is 0.793. The van der Waals surface area contributed by atoms with E-state index in [1.165, 1.54) is 29.9 Å². The molecule has 4 heteroatoms. The maximum absolute atomic E-state index is 12.1. The van der Waals surface area contributed by atoms with E-state index in [1.54, 1.807) is 24.3 Å². The standard InChI is InChI=1S/C16H18N2O2/c19-15-13-8-4-5-9-14(13)16(20)18(15)11-10-17-12-6-2-1-3-7-12/h4-5,8-9H,1-3,6-7,10-11H2. The van der Waals surface area contributed by atoms with Crippen molar-refractivity contribution < 1.29 is 9.59 Å². The van der Waals surface area contributed by atoms with Gasteiger partial charge in [0, 0.05) is 12.3 Å². The molecule has 20 heavy (non-hydrogen) atoms. The number of aliphatic imine (C=N–C) groups is 1. The highest BCUT2D eigenvalue weighted by Crippen LogP contribution is 2.22. The summed E-state index contributed by atoms with van der Waals surface area (Å²) in [4.78, 5) is 30.2.